The molecule has 0 aliphatic rings. The zero-order valence-electron chi connectivity index (χ0n) is 12.7. The first-order valence-electron chi connectivity index (χ1n) is 7.55. The minimum absolute atomic E-state index is 0.354. The number of hydrogen-bond acceptors (Lipinski definition) is 1. The third-order valence-electron chi connectivity index (χ3n) is 4.72. The Labute approximate surface area is 148 Å². The molecule has 5 aromatic rings. The molecule has 0 bridgehead atoms. The van der Waals surface area contributed by atoms with Gasteiger partial charge in [-0.15, -0.1) is 22.3 Å². The van der Waals surface area contributed by atoms with Gasteiger partial charge in [0.05, 0.1) is 5.52 Å². The topological polar surface area (TPSA) is 15.8 Å². The fourth-order valence-corrected chi connectivity index (χ4v) is 4.70. The van der Waals surface area contributed by atoms with Gasteiger partial charge in [-0.3, -0.25) is 0 Å². The second-order valence-electron chi connectivity index (χ2n) is 5.99. The zero-order chi connectivity index (χ0) is 16.6. The molecule has 5 rings (SSSR count). The summed E-state index contributed by atoms with van der Waals surface area (Å²) in [5.41, 5.74) is 3.85. The van der Waals surface area contributed by atoms with E-state index in [1.54, 1.807) is 11.3 Å². The number of benzene rings is 3. The van der Waals surface area contributed by atoms with Gasteiger partial charge in [0.2, 0.25) is 0 Å². The van der Waals surface area contributed by atoms with E-state index in [0.717, 1.165) is 36.6 Å². The van der Waals surface area contributed by atoms with E-state index in [9.17, 15) is 0 Å². The van der Waals surface area contributed by atoms with Crippen molar-refractivity contribution in [3.05, 3.63) is 36.4 Å². The monoisotopic (exact) mass is 313 g/mol. The molecular formula is C18H7B4NS. The highest BCUT2D eigenvalue weighted by atomic mass is 32.1. The smallest absolute Gasteiger partial charge is 0.114 e. The molecule has 0 atom stereocenters. The van der Waals surface area contributed by atoms with Crippen LogP contribution in [0.4, 0.5) is 0 Å². The average Bonchev–Trinajstić information content (AvgIpc) is 3.16. The highest BCUT2D eigenvalue weighted by molar-refractivity contribution is 7.27. The summed E-state index contributed by atoms with van der Waals surface area (Å²) in [6.07, 6.45) is 0. The molecule has 0 fully saturated rings. The molecule has 24 heavy (non-hydrogen) atoms. The largest absolute Gasteiger partial charge is 0.354 e. The number of aromatic nitrogens is 1. The van der Waals surface area contributed by atoms with Gasteiger partial charge in [0.25, 0.3) is 0 Å². The fraction of sp³-hybridized carbons (Fsp3) is 0. The van der Waals surface area contributed by atoms with Crippen molar-refractivity contribution in [1.82, 2.24) is 4.98 Å². The Morgan fingerprint density at radius 2 is 1.46 bits per heavy atom. The Bertz CT molecular complexity index is 1300. The molecule has 6 heteroatoms. The van der Waals surface area contributed by atoms with Crippen molar-refractivity contribution in [2.45, 2.75) is 0 Å². The number of fused-ring (bicyclic) bond motifs is 7. The number of rotatable bonds is 0. The molecule has 0 spiro atoms. The van der Waals surface area contributed by atoms with E-state index in [1.165, 1.54) is 5.39 Å². The molecule has 0 aliphatic carbocycles. The molecular weight excluding hydrogens is 306 g/mol. The SMILES string of the molecule is [B]c1c([B])c([B])c2c(sc3ccc4c5ccccc5[nH]c4c32)c1[B]. The van der Waals surface area contributed by atoms with E-state index in [-0.39, 0.29) is 0 Å². The number of H-pyrrole nitrogens is 1. The van der Waals surface area contributed by atoms with E-state index in [0.29, 0.717) is 21.9 Å². The quantitative estimate of drug-likeness (QED) is 0.408. The van der Waals surface area contributed by atoms with Crippen LogP contribution < -0.4 is 21.9 Å². The van der Waals surface area contributed by atoms with Gasteiger partial charge in [0.15, 0.2) is 0 Å². The molecule has 2 aromatic heterocycles. The minimum Gasteiger partial charge on any atom is -0.354 e. The van der Waals surface area contributed by atoms with Gasteiger partial charge < -0.3 is 4.98 Å². The van der Waals surface area contributed by atoms with Crippen LogP contribution in [-0.4, -0.2) is 36.4 Å². The number of hydrogen-bond donors (Lipinski definition) is 1. The number of nitrogens with one attached hydrogen (secondary N) is 1. The second-order valence-corrected chi connectivity index (χ2v) is 7.04. The molecule has 1 N–H and O–H groups in total. The summed E-state index contributed by atoms with van der Waals surface area (Å²) in [5.74, 6) is 0. The lowest BCUT2D eigenvalue weighted by Crippen LogP contribution is -2.47. The summed E-state index contributed by atoms with van der Waals surface area (Å²) in [6, 6.07) is 12.5. The van der Waals surface area contributed by atoms with Gasteiger partial charge >= 0.3 is 0 Å². The lowest BCUT2D eigenvalue weighted by Gasteiger charge is -2.13. The van der Waals surface area contributed by atoms with Crippen molar-refractivity contribution >= 4 is 107 Å². The third-order valence-corrected chi connectivity index (χ3v) is 5.91. The van der Waals surface area contributed by atoms with Crippen LogP contribution in [0.3, 0.4) is 0 Å². The Hall–Kier alpha value is -2.06. The minimum atomic E-state index is 0.354. The summed E-state index contributed by atoms with van der Waals surface area (Å²) >= 11 is 1.59. The molecule has 3 aromatic carbocycles. The van der Waals surface area contributed by atoms with Crippen LogP contribution in [0.15, 0.2) is 36.4 Å². The van der Waals surface area contributed by atoms with Crippen molar-refractivity contribution in [3.63, 3.8) is 0 Å². The normalized spacial score (nSPS) is 12.0. The van der Waals surface area contributed by atoms with Gasteiger partial charge in [-0.05, 0) is 17.5 Å². The van der Waals surface area contributed by atoms with Crippen molar-refractivity contribution in [3.8, 4) is 0 Å². The Morgan fingerprint density at radius 1 is 0.708 bits per heavy atom. The molecule has 0 amide bonds. The number of aromatic amines is 1. The predicted octanol–water partition coefficient (Wildman–Crippen LogP) is 0.864. The fourth-order valence-electron chi connectivity index (χ4n) is 3.50. The highest BCUT2D eigenvalue weighted by Crippen LogP contribution is 2.38. The maximum absolute atomic E-state index is 6.32. The van der Waals surface area contributed by atoms with Gasteiger partial charge in [0, 0.05) is 31.1 Å². The lowest BCUT2D eigenvalue weighted by atomic mass is 9.66. The van der Waals surface area contributed by atoms with E-state index < -0.39 is 0 Å². The predicted molar refractivity (Wildman–Crippen MR) is 110 cm³/mol. The Morgan fingerprint density at radius 3 is 2.29 bits per heavy atom. The molecule has 0 saturated carbocycles. The van der Waals surface area contributed by atoms with Crippen molar-refractivity contribution < 1.29 is 0 Å². The summed E-state index contributed by atoms with van der Waals surface area (Å²) in [7, 11) is 24.6. The van der Waals surface area contributed by atoms with Gasteiger partial charge in [-0.1, -0.05) is 35.2 Å². The summed E-state index contributed by atoms with van der Waals surface area (Å²) in [4.78, 5) is 3.52. The van der Waals surface area contributed by atoms with E-state index in [4.69, 9.17) is 31.4 Å². The number of para-hydroxylation sites is 1. The first-order chi connectivity index (χ1) is 11.6. The van der Waals surface area contributed by atoms with Crippen molar-refractivity contribution in [1.29, 1.82) is 0 Å². The van der Waals surface area contributed by atoms with Crippen LogP contribution in [0.2, 0.25) is 0 Å². The Kier molecular flexibility index (Phi) is 2.82. The molecule has 0 aliphatic heterocycles. The summed E-state index contributed by atoms with van der Waals surface area (Å²) in [5, 5.41) is 4.28. The van der Waals surface area contributed by atoms with E-state index >= 15 is 0 Å². The van der Waals surface area contributed by atoms with Gasteiger partial charge in [-0.25, -0.2) is 0 Å². The van der Waals surface area contributed by atoms with Crippen LogP contribution in [0.1, 0.15) is 0 Å². The molecule has 0 saturated heterocycles. The van der Waals surface area contributed by atoms with Crippen molar-refractivity contribution in [2.75, 3.05) is 0 Å². The van der Waals surface area contributed by atoms with Crippen molar-refractivity contribution in [2.24, 2.45) is 0 Å². The first kappa shape index (κ1) is 14.3. The van der Waals surface area contributed by atoms with Crippen LogP contribution in [0, 0.1) is 0 Å². The van der Waals surface area contributed by atoms with E-state index in [2.05, 4.69) is 29.2 Å². The maximum Gasteiger partial charge on any atom is 0.114 e. The average molecular weight is 313 g/mol. The van der Waals surface area contributed by atoms with Crippen LogP contribution >= 0.6 is 11.3 Å². The van der Waals surface area contributed by atoms with Gasteiger partial charge in [0.1, 0.15) is 31.4 Å². The van der Waals surface area contributed by atoms with E-state index in [1.807, 2.05) is 12.1 Å². The zero-order valence-corrected chi connectivity index (χ0v) is 13.5. The maximum atomic E-state index is 6.32. The molecule has 8 radical (unpaired) electrons. The second kappa shape index (κ2) is 4.73. The van der Waals surface area contributed by atoms with Crippen LogP contribution in [0.25, 0.3) is 42.0 Å². The van der Waals surface area contributed by atoms with Crippen LogP contribution in [-0.2, 0) is 0 Å². The molecule has 0 unspecified atom stereocenters. The Balaban J connectivity index is 2.13. The molecule has 102 valence electrons. The molecule has 1 nitrogen and oxygen atoms in total. The standard InChI is InChI=1S/C18H7B4NS/c19-13-12-11-10(24-18(12)16(22)15(21)14(13)20)6-5-8-7-3-1-2-4-9(7)23-17(8)11/h1-6,23H. The lowest BCUT2D eigenvalue weighted by molar-refractivity contribution is 1.57. The number of thiophene rings is 1. The summed E-state index contributed by atoms with van der Waals surface area (Å²) < 4.78 is 1.99. The molecule has 2 heterocycles. The first-order valence-corrected chi connectivity index (χ1v) is 8.37. The summed E-state index contributed by atoms with van der Waals surface area (Å²) in [6.45, 7) is 0. The van der Waals surface area contributed by atoms with Crippen LogP contribution in [0.5, 0.6) is 0 Å². The third kappa shape index (κ3) is 1.65. The van der Waals surface area contributed by atoms with Gasteiger partial charge in [-0.2, -0.15) is 0 Å². The highest BCUT2D eigenvalue weighted by Gasteiger charge is 2.17.